The maximum atomic E-state index is 12.3. The maximum Gasteiger partial charge on any atom is 0.270 e. The number of piperazine rings is 1. The molecule has 1 fully saturated rings. The first kappa shape index (κ1) is 14.6. The molecule has 0 aromatic carbocycles. The lowest BCUT2D eigenvalue weighted by molar-refractivity contribution is 0.0633. The van der Waals surface area contributed by atoms with Crippen LogP contribution in [0.2, 0.25) is 5.02 Å². The molecule has 0 spiro atoms. The van der Waals surface area contributed by atoms with Crippen molar-refractivity contribution in [1.82, 2.24) is 14.8 Å². The van der Waals surface area contributed by atoms with E-state index in [0.717, 1.165) is 39.1 Å². The molecule has 1 N–H and O–H groups in total. The number of aromatic amines is 1. The van der Waals surface area contributed by atoms with Crippen LogP contribution in [0.4, 0.5) is 0 Å². The van der Waals surface area contributed by atoms with Gasteiger partial charge in [0.05, 0.1) is 5.02 Å². The number of hydrogen-bond acceptors (Lipinski definition) is 3. The van der Waals surface area contributed by atoms with E-state index in [1.807, 2.05) is 16.2 Å². The van der Waals surface area contributed by atoms with Gasteiger partial charge in [0.2, 0.25) is 0 Å². The van der Waals surface area contributed by atoms with Crippen LogP contribution in [0.3, 0.4) is 0 Å². The minimum absolute atomic E-state index is 0.0415. The number of nitrogens with zero attached hydrogens (tertiary/aromatic N) is 2. The van der Waals surface area contributed by atoms with Crippen LogP contribution in [0.15, 0.2) is 29.8 Å². The van der Waals surface area contributed by atoms with E-state index in [9.17, 15) is 4.79 Å². The van der Waals surface area contributed by atoms with Gasteiger partial charge in [-0.1, -0.05) is 17.7 Å². The molecule has 4 nitrogen and oxygen atoms in total. The number of H-pyrrole nitrogens is 1. The summed E-state index contributed by atoms with van der Waals surface area (Å²) in [5.74, 6) is 0.0415. The lowest BCUT2D eigenvalue weighted by Crippen LogP contribution is -2.49. The minimum Gasteiger partial charge on any atom is -0.356 e. The van der Waals surface area contributed by atoms with Gasteiger partial charge in [-0.15, -0.1) is 11.3 Å². The number of aromatic nitrogens is 1. The van der Waals surface area contributed by atoms with Crippen molar-refractivity contribution in [2.75, 3.05) is 32.7 Å². The second kappa shape index (κ2) is 6.64. The van der Waals surface area contributed by atoms with Crippen LogP contribution in [0, 0.1) is 0 Å². The summed E-state index contributed by atoms with van der Waals surface area (Å²) in [5.41, 5.74) is 0.576. The van der Waals surface area contributed by atoms with Crippen molar-refractivity contribution < 1.29 is 4.79 Å². The topological polar surface area (TPSA) is 39.3 Å². The zero-order chi connectivity index (χ0) is 14.7. The Balaban J connectivity index is 1.47. The van der Waals surface area contributed by atoms with Gasteiger partial charge in [-0.05, 0) is 23.9 Å². The van der Waals surface area contributed by atoms with Gasteiger partial charge in [0, 0.05) is 43.8 Å². The number of nitrogens with one attached hydrogen (secondary N) is 1. The average Bonchev–Trinajstić information content (AvgIpc) is 3.16. The van der Waals surface area contributed by atoms with Crippen molar-refractivity contribution in [3.63, 3.8) is 0 Å². The van der Waals surface area contributed by atoms with Gasteiger partial charge in [-0.2, -0.15) is 0 Å². The third kappa shape index (κ3) is 3.67. The van der Waals surface area contributed by atoms with Crippen molar-refractivity contribution in [3.8, 4) is 0 Å². The van der Waals surface area contributed by atoms with Crippen molar-refractivity contribution in [3.05, 3.63) is 45.4 Å². The number of carbonyl (C=O) groups is 1. The van der Waals surface area contributed by atoms with E-state index >= 15 is 0 Å². The first-order valence-electron chi connectivity index (χ1n) is 7.10. The Kier molecular flexibility index (Phi) is 4.63. The van der Waals surface area contributed by atoms with E-state index in [1.54, 1.807) is 12.3 Å². The smallest absolute Gasteiger partial charge is 0.270 e. The van der Waals surface area contributed by atoms with Gasteiger partial charge >= 0.3 is 0 Å². The van der Waals surface area contributed by atoms with Gasteiger partial charge in [-0.3, -0.25) is 9.69 Å². The first-order chi connectivity index (χ1) is 10.2. The van der Waals surface area contributed by atoms with E-state index in [2.05, 4.69) is 27.4 Å². The molecule has 21 heavy (non-hydrogen) atoms. The Morgan fingerprint density at radius 3 is 2.76 bits per heavy atom. The Morgan fingerprint density at radius 2 is 2.14 bits per heavy atom. The summed E-state index contributed by atoms with van der Waals surface area (Å²) in [6.07, 6.45) is 2.74. The molecule has 0 aliphatic carbocycles. The van der Waals surface area contributed by atoms with Gasteiger partial charge in [0.1, 0.15) is 5.69 Å². The molecular weight excluding hydrogens is 306 g/mol. The predicted octanol–water partition coefficient (Wildman–Crippen LogP) is 2.73. The van der Waals surface area contributed by atoms with Crippen LogP contribution < -0.4 is 0 Å². The molecule has 1 amide bonds. The molecule has 3 rings (SSSR count). The Morgan fingerprint density at radius 1 is 1.33 bits per heavy atom. The molecule has 0 atom stereocenters. The van der Waals surface area contributed by atoms with Gasteiger partial charge < -0.3 is 9.88 Å². The molecule has 2 aromatic heterocycles. The fraction of sp³-hybridized carbons (Fsp3) is 0.400. The van der Waals surface area contributed by atoms with Gasteiger partial charge in [0.15, 0.2) is 0 Å². The standard InChI is InChI=1S/C15H18ClN3OS/c16-12-10-14(17-11-12)15(20)19-7-5-18(6-8-19)4-3-13-2-1-9-21-13/h1-2,9-11,17H,3-8H2. The van der Waals surface area contributed by atoms with E-state index in [4.69, 9.17) is 11.6 Å². The van der Waals surface area contributed by atoms with Crippen molar-refractivity contribution in [1.29, 1.82) is 0 Å². The van der Waals surface area contributed by atoms with Crippen LogP contribution in [0.5, 0.6) is 0 Å². The fourth-order valence-corrected chi connectivity index (χ4v) is 3.42. The Hall–Kier alpha value is -1.30. The second-order valence-electron chi connectivity index (χ2n) is 5.19. The van der Waals surface area contributed by atoms with Crippen molar-refractivity contribution in [2.45, 2.75) is 6.42 Å². The second-order valence-corrected chi connectivity index (χ2v) is 6.66. The highest BCUT2D eigenvalue weighted by molar-refractivity contribution is 7.09. The number of carbonyl (C=O) groups excluding carboxylic acids is 1. The maximum absolute atomic E-state index is 12.3. The summed E-state index contributed by atoms with van der Waals surface area (Å²) in [4.78, 5) is 20.9. The molecule has 0 unspecified atom stereocenters. The summed E-state index contributed by atoms with van der Waals surface area (Å²) in [6, 6.07) is 5.96. The summed E-state index contributed by atoms with van der Waals surface area (Å²) in [5, 5.41) is 2.70. The highest BCUT2D eigenvalue weighted by Crippen LogP contribution is 2.14. The number of rotatable bonds is 4. The highest BCUT2D eigenvalue weighted by Gasteiger charge is 2.22. The van der Waals surface area contributed by atoms with Crippen LogP contribution >= 0.6 is 22.9 Å². The molecule has 1 aliphatic rings. The molecule has 6 heteroatoms. The third-order valence-electron chi connectivity index (χ3n) is 3.79. The van der Waals surface area contributed by atoms with Crippen LogP contribution in [0.1, 0.15) is 15.4 Å². The molecule has 3 heterocycles. The van der Waals surface area contributed by atoms with Crippen LogP contribution in [-0.4, -0.2) is 53.4 Å². The normalized spacial score (nSPS) is 16.3. The summed E-state index contributed by atoms with van der Waals surface area (Å²) in [7, 11) is 0. The molecule has 1 saturated heterocycles. The largest absolute Gasteiger partial charge is 0.356 e. The van der Waals surface area contributed by atoms with Crippen LogP contribution in [0.25, 0.3) is 0 Å². The monoisotopic (exact) mass is 323 g/mol. The molecule has 1 aliphatic heterocycles. The van der Waals surface area contributed by atoms with Crippen LogP contribution in [-0.2, 0) is 6.42 Å². The van der Waals surface area contributed by atoms with Crippen molar-refractivity contribution >= 4 is 28.8 Å². The number of thiophene rings is 1. The Labute approximate surface area is 133 Å². The third-order valence-corrected chi connectivity index (χ3v) is 4.95. The number of hydrogen-bond donors (Lipinski definition) is 1. The lowest BCUT2D eigenvalue weighted by atomic mass is 10.2. The fourth-order valence-electron chi connectivity index (χ4n) is 2.56. The molecule has 112 valence electrons. The summed E-state index contributed by atoms with van der Waals surface area (Å²) >= 11 is 7.66. The number of amides is 1. The van der Waals surface area contributed by atoms with Crippen molar-refractivity contribution in [2.24, 2.45) is 0 Å². The molecular formula is C15H18ClN3OS. The van der Waals surface area contributed by atoms with E-state index in [0.29, 0.717) is 10.7 Å². The lowest BCUT2D eigenvalue weighted by Gasteiger charge is -2.34. The molecule has 0 saturated carbocycles. The van der Waals surface area contributed by atoms with Gasteiger partial charge in [0.25, 0.3) is 5.91 Å². The summed E-state index contributed by atoms with van der Waals surface area (Å²) in [6.45, 7) is 4.49. The zero-order valence-electron chi connectivity index (χ0n) is 11.7. The molecule has 0 radical (unpaired) electrons. The Bertz CT molecular complexity index is 588. The minimum atomic E-state index is 0.0415. The predicted molar refractivity (Wildman–Crippen MR) is 86.2 cm³/mol. The highest BCUT2D eigenvalue weighted by atomic mass is 35.5. The number of halogens is 1. The zero-order valence-corrected chi connectivity index (χ0v) is 13.3. The van der Waals surface area contributed by atoms with Gasteiger partial charge in [-0.25, -0.2) is 0 Å². The van der Waals surface area contributed by atoms with E-state index in [-0.39, 0.29) is 5.91 Å². The average molecular weight is 324 g/mol. The molecule has 0 bridgehead atoms. The first-order valence-corrected chi connectivity index (χ1v) is 8.36. The SMILES string of the molecule is O=C(c1cc(Cl)c[nH]1)N1CCN(CCc2cccs2)CC1. The van der Waals surface area contributed by atoms with E-state index < -0.39 is 0 Å². The summed E-state index contributed by atoms with van der Waals surface area (Å²) < 4.78 is 0. The van der Waals surface area contributed by atoms with E-state index in [1.165, 1.54) is 4.88 Å². The quantitative estimate of drug-likeness (QED) is 0.939. The molecule has 2 aromatic rings.